The first kappa shape index (κ1) is 21.8. The lowest BCUT2D eigenvalue weighted by molar-refractivity contribution is -0.134. The number of para-hydroxylation sites is 1. The standard InChI is InChI=1S/C27H29NO4/c1-30-25-15-14-21(18-26(25)31-2)23-12-8-16-28(23)27(29)19-32-24-13-7-6-11-22(24)17-20-9-4-3-5-10-20/h3-7,9-11,13-15,18,23H,8,12,16-17,19H2,1-2H3. The Morgan fingerprint density at radius 1 is 0.906 bits per heavy atom. The predicted octanol–water partition coefficient (Wildman–Crippen LogP) is 5.04. The van der Waals surface area contributed by atoms with Gasteiger partial charge < -0.3 is 19.1 Å². The molecule has 1 unspecified atom stereocenters. The molecular weight excluding hydrogens is 402 g/mol. The minimum Gasteiger partial charge on any atom is -0.493 e. The summed E-state index contributed by atoms with van der Waals surface area (Å²) in [5, 5.41) is 0. The van der Waals surface area contributed by atoms with E-state index in [9.17, 15) is 4.79 Å². The number of hydrogen-bond donors (Lipinski definition) is 0. The second kappa shape index (κ2) is 10.2. The molecule has 0 N–H and O–H groups in total. The first-order chi connectivity index (χ1) is 15.7. The van der Waals surface area contributed by atoms with E-state index in [1.807, 2.05) is 59.5 Å². The van der Waals surface area contributed by atoms with Crippen molar-refractivity contribution in [3.8, 4) is 17.2 Å². The third-order valence-corrected chi connectivity index (χ3v) is 5.93. The highest BCUT2D eigenvalue weighted by molar-refractivity contribution is 5.78. The maximum atomic E-state index is 13.1. The van der Waals surface area contributed by atoms with Crippen LogP contribution >= 0.6 is 0 Å². The van der Waals surface area contributed by atoms with E-state index >= 15 is 0 Å². The zero-order valence-electron chi connectivity index (χ0n) is 18.6. The van der Waals surface area contributed by atoms with Gasteiger partial charge in [-0.05, 0) is 47.7 Å². The van der Waals surface area contributed by atoms with Gasteiger partial charge in [-0.25, -0.2) is 0 Å². The smallest absolute Gasteiger partial charge is 0.261 e. The van der Waals surface area contributed by atoms with E-state index in [1.165, 1.54) is 5.56 Å². The van der Waals surface area contributed by atoms with Crippen LogP contribution < -0.4 is 14.2 Å². The summed E-state index contributed by atoms with van der Waals surface area (Å²) in [4.78, 5) is 15.0. The van der Waals surface area contributed by atoms with Crippen LogP contribution in [0.1, 0.15) is 35.6 Å². The molecule has 0 spiro atoms. The molecule has 1 saturated heterocycles. The van der Waals surface area contributed by atoms with Crippen molar-refractivity contribution >= 4 is 5.91 Å². The second-order valence-corrected chi connectivity index (χ2v) is 7.92. The molecule has 32 heavy (non-hydrogen) atoms. The molecule has 1 amide bonds. The highest BCUT2D eigenvalue weighted by Crippen LogP contribution is 2.37. The summed E-state index contributed by atoms with van der Waals surface area (Å²) in [6, 6.07) is 24.1. The number of ether oxygens (including phenoxy) is 3. The molecule has 0 aliphatic carbocycles. The molecule has 1 fully saturated rings. The molecule has 0 aromatic heterocycles. The monoisotopic (exact) mass is 431 g/mol. The van der Waals surface area contributed by atoms with Crippen molar-refractivity contribution in [2.45, 2.75) is 25.3 Å². The van der Waals surface area contributed by atoms with Gasteiger partial charge in [0.15, 0.2) is 18.1 Å². The number of hydrogen-bond acceptors (Lipinski definition) is 4. The summed E-state index contributed by atoms with van der Waals surface area (Å²) in [5.74, 6) is 2.12. The summed E-state index contributed by atoms with van der Waals surface area (Å²) < 4.78 is 16.8. The van der Waals surface area contributed by atoms with Crippen LogP contribution in [0, 0.1) is 0 Å². The van der Waals surface area contributed by atoms with E-state index in [2.05, 4.69) is 18.2 Å². The van der Waals surface area contributed by atoms with Crippen molar-refractivity contribution in [3.63, 3.8) is 0 Å². The van der Waals surface area contributed by atoms with Crippen molar-refractivity contribution in [1.82, 2.24) is 4.90 Å². The molecule has 1 atom stereocenters. The first-order valence-corrected chi connectivity index (χ1v) is 11.0. The van der Waals surface area contributed by atoms with E-state index in [-0.39, 0.29) is 18.6 Å². The van der Waals surface area contributed by atoms with Crippen LogP contribution in [0.15, 0.2) is 72.8 Å². The average molecular weight is 432 g/mol. The van der Waals surface area contributed by atoms with Crippen LogP contribution in [-0.2, 0) is 11.2 Å². The molecule has 0 saturated carbocycles. The molecule has 3 aromatic rings. The maximum absolute atomic E-state index is 13.1. The Morgan fingerprint density at radius 2 is 1.66 bits per heavy atom. The molecule has 5 nitrogen and oxygen atoms in total. The van der Waals surface area contributed by atoms with Crippen molar-refractivity contribution < 1.29 is 19.0 Å². The Bertz CT molecular complexity index is 1050. The molecule has 0 radical (unpaired) electrons. The van der Waals surface area contributed by atoms with Crippen LogP contribution in [0.2, 0.25) is 0 Å². The molecule has 5 heteroatoms. The third-order valence-electron chi connectivity index (χ3n) is 5.93. The Morgan fingerprint density at radius 3 is 2.44 bits per heavy atom. The Kier molecular flexibility index (Phi) is 6.95. The Balaban J connectivity index is 1.44. The van der Waals surface area contributed by atoms with Crippen LogP contribution in [0.3, 0.4) is 0 Å². The van der Waals surface area contributed by atoms with E-state index in [4.69, 9.17) is 14.2 Å². The lowest BCUT2D eigenvalue weighted by atomic mass is 10.0. The summed E-state index contributed by atoms with van der Waals surface area (Å²) in [7, 11) is 3.25. The second-order valence-electron chi connectivity index (χ2n) is 7.92. The summed E-state index contributed by atoms with van der Waals surface area (Å²) in [6.45, 7) is 0.752. The quantitative estimate of drug-likeness (QED) is 0.502. The van der Waals surface area contributed by atoms with E-state index in [0.717, 1.165) is 42.7 Å². The molecule has 4 rings (SSSR count). The van der Waals surface area contributed by atoms with Gasteiger partial charge in [0.25, 0.3) is 5.91 Å². The largest absolute Gasteiger partial charge is 0.493 e. The van der Waals surface area contributed by atoms with Gasteiger partial charge in [-0.15, -0.1) is 0 Å². The van der Waals surface area contributed by atoms with Crippen LogP contribution in [-0.4, -0.2) is 38.2 Å². The van der Waals surface area contributed by atoms with Crippen LogP contribution in [0.4, 0.5) is 0 Å². The van der Waals surface area contributed by atoms with Crippen molar-refractivity contribution in [2.24, 2.45) is 0 Å². The predicted molar refractivity (Wildman–Crippen MR) is 124 cm³/mol. The normalized spacial score (nSPS) is 15.4. The fourth-order valence-electron chi connectivity index (χ4n) is 4.30. The van der Waals surface area contributed by atoms with Crippen molar-refractivity contribution in [3.05, 3.63) is 89.5 Å². The van der Waals surface area contributed by atoms with Crippen LogP contribution in [0.5, 0.6) is 17.2 Å². The van der Waals surface area contributed by atoms with Crippen molar-refractivity contribution in [2.75, 3.05) is 27.4 Å². The zero-order valence-corrected chi connectivity index (χ0v) is 18.6. The number of amides is 1. The number of benzene rings is 3. The van der Waals surface area contributed by atoms with Gasteiger partial charge in [0, 0.05) is 13.0 Å². The molecule has 3 aromatic carbocycles. The molecular formula is C27H29NO4. The Hall–Kier alpha value is -3.47. The third kappa shape index (κ3) is 4.88. The first-order valence-electron chi connectivity index (χ1n) is 11.0. The van der Waals surface area contributed by atoms with E-state index < -0.39 is 0 Å². The highest BCUT2D eigenvalue weighted by Gasteiger charge is 2.30. The number of carbonyl (C=O) groups excluding carboxylic acids is 1. The fourth-order valence-corrected chi connectivity index (χ4v) is 4.30. The van der Waals surface area contributed by atoms with Crippen LogP contribution in [0.25, 0.3) is 0 Å². The van der Waals surface area contributed by atoms with E-state index in [0.29, 0.717) is 11.5 Å². The minimum atomic E-state index is -0.00296. The maximum Gasteiger partial charge on any atom is 0.261 e. The van der Waals surface area contributed by atoms with Gasteiger partial charge >= 0.3 is 0 Å². The zero-order chi connectivity index (χ0) is 22.3. The topological polar surface area (TPSA) is 48.0 Å². The molecule has 0 bridgehead atoms. The van der Waals surface area contributed by atoms with Gasteiger partial charge in [-0.1, -0.05) is 54.6 Å². The van der Waals surface area contributed by atoms with Gasteiger partial charge in [-0.2, -0.15) is 0 Å². The van der Waals surface area contributed by atoms with Gasteiger partial charge in [0.05, 0.1) is 20.3 Å². The van der Waals surface area contributed by atoms with Gasteiger partial charge in [0.1, 0.15) is 5.75 Å². The molecule has 166 valence electrons. The lowest BCUT2D eigenvalue weighted by Gasteiger charge is -2.26. The molecule has 1 aliphatic heterocycles. The number of carbonyl (C=O) groups is 1. The number of methoxy groups -OCH3 is 2. The minimum absolute atomic E-state index is 0.00296. The molecule has 1 aliphatic rings. The number of nitrogens with zero attached hydrogens (tertiary/aromatic N) is 1. The fraction of sp³-hybridized carbons (Fsp3) is 0.296. The van der Waals surface area contributed by atoms with Crippen molar-refractivity contribution in [1.29, 1.82) is 0 Å². The highest BCUT2D eigenvalue weighted by atomic mass is 16.5. The molecule has 1 heterocycles. The summed E-state index contributed by atoms with van der Waals surface area (Å²) in [5.41, 5.74) is 3.34. The lowest BCUT2D eigenvalue weighted by Crippen LogP contribution is -2.34. The number of rotatable bonds is 8. The SMILES string of the molecule is COc1ccc(C2CCCN2C(=O)COc2ccccc2Cc2ccccc2)cc1OC. The number of likely N-dealkylation sites (tertiary alicyclic amines) is 1. The Labute approximate surface area is 189 Å². The van der Waals surface area contributed by atoms with Gasteiger partial charge in [0.2, 0.25) is 0 Å². The average Bonchev–Trinajstić information content (AvgIpc) is 3.33. The van der Waals surface area contributed by atoms with E-state index in [1.54, 1.807) is 14.2 Å². The summed E-state index contributed by atoms with van der Waals surface area (Å²) >= 11 is 0. The summed E-state index contributed by atoms with van der Waals surface area (Å²) in [6.07, 6.45) is 2.66. The van der Waals surface area contributed by atoms with Gasteiger partial charge in [-0.3, -0.25) is 4.79 Å².